The highest BCUT2D eigenvalue weighted by Gasteiger charge is 2.23. The van der Waals surface area contributed by atoms with E-state index in [9.17, 15) is 14.0 Å². The smallest absolute Gasteiger partial charge is 0.248 e. The molecule has 8 nitrogen and oxygen atoms in total. The van der Waals surface area contributed by atoms with Crippen molar-refractivity contribution in [3.05, 3.63) is 41.5 Å². The third kappa shape index (κ3) is 3.65. The molecule has 0 bridgehead atoms. The molecular formula is C16H16FN5O3. The first-order chi connectivity index (χ1) is 11.9. The van der Waals surface area contributed by atoms with Crippen LogP contribution in [0.2, 0.25) is 0 Å². The summed E-state index contributed by atoms with van der Waals surface area (Å²) in [5.74, 6) is -0.959. The Hall–Kier alpha value is -3.23. The number of aromatic amines is 1. The maximum atomic E-state index is 13.3. The van der Waals surface area contributed by atoms with Crippen molar-refractivity contribution in [1.82, 2.24) is 20.6 Å². The molecule has 0 saturated carbocycles. The van der Waals surface area contributed by atoms with E-state index in [1.54, 1.807) is 19.2 Å². The van der Waals surface area contributed by atoms with Gasteiger partial charge in [-0.3, -0.25) is 9.59 Å². The van der Waals surface area contributed by atoms with Gasteiger partial charge in [0.25, 0.3) is 0 Å². The number of nitrogens with one attached hydrogen (secondary N) is 3. The number of carbonyl (C=O) groups is 2. The minimum absolute atomic E-state index is 0.196. The fourth-order valence-corrected chi connectivity index (χ4v) is 2.55. The lowest BCUT2D eigenvalue weighted by Crippen LogP contribution is -2.44. The van der Waals surface area contributed by atoms with Crippen LogP contribution in [0.15, 0.2) is 29.0 Å². The number of benzene rings is 1. The van der Waals surface area contributed by atoms with Gasteiger partial charge in [-0.15, -0.1) is 0 Å². The molecule has 2 heterocycles. The van der Waals surface area contributed by atoms with Gasteiger partial charge < -0.3 is 15.6 Å². The molecule has 25 heavy (non-hydrogen) atoms. The van der Waals surface area contributed by atoms with Crippen molar-refractivity contribution in [2.45, 2.75) is 26.3 Å². The van der Waals surface area contributed by atoms with E-state index >= 15 is 0 Å². The number of rotatable bonds is 5. The second-order valence-corrected chi connectivity index (χ2v) is 5.65. The normalized spacial score (nSPS) is 12.1. The van der Waals surface area contributed by atoms with Crippen molar-refractivity contribution in [3.8, 4) is 0 Å². The largest absolute Gasteiger partial charge is 0.361 e. The summed E-state index contributed by atoms with van der Waals surface area (Å²) in [6.07, 6.45) is 1.91. The van der Waals surface area contributed by atoms with Gasteiger partial charge >= 0.3 is 0 Å². The topological polar surface area (TPSA) is 113 Å². The average molecular weight is 345 g/mol. The van der Waals surface area contributed by atoms with Crippen LogP contribution < -0.4 is 10.6 Å². The lowest BCUT2D eigenvalue weighted by atomic mass is 10.0. The summed E-state index contributed by atoms with van der Waals surface area (Å²) in [7, 11) is 0. The summed E-state index contributed by atoms with van der Waals surface area (Å²) in [6.45, 7) is 2.96. The van der Waals surface area contributed by atoms with E-state index < -0.39 is 11.9 Å². The second kappa shape index (κ2) is 6.71. The quantitative estimate of drug-likeness (QED) is 0.651. The van der Waals surface area contributed by atoms with Crippen molar-refractivity contribution in [2.75, 3.05) is 5.32 Å². The van der Waals surface area contributed by atoms with Crippen molar-refractivity contribution in [1.29, 1.82) is 0 Å². The van der Waals surface area contributed by atoms with Gasteiger partial charge in [0.1, 0.15) is 17.6 Å². The number of carbonyl (C=O) groups excluding carboxylic acids is 2. The van der Waals surface area contributed by atoms with Gasteiger partial charge in [-0.2, -0.15) is 0 Å². The second-order valence-electron chi connectivity index (χ2n) is 5.65. The minimum Gasteiger partial charge on any atom is -0.361 e. The lowest BCUT2D eigenvalue weighted by molar-refractivity contribution is -0.125. The van der Waals surface area contributed by atoms with E-state index in [1.807, 2.05) is 0 Å². The number of halogens is 1. The van der Waals surface area contributed by atoms with Crippen molar-refractivity contribution in [2.24, 2.45) is 0 Å². The predicted molar refractivity (Wildman–Crippen MR) is 87.2 cm³/mol. The molecule has 0 aliphatic carbocycles. The van der Waals surface area contributed by atoms with E-state index in [1.165, 1.54) is 19.1 Å². The summed E-state index contributed by atoms with van der Waals surface area (Å²) in [6, 6.07) is 3.51. The Kier molecular flexibility index (Phi) is 4.46. The predicted octanol–water partition coefficient (Wildman–Crippen LogP) is 1.68. The average Bonchev–Trinajstić information content (AvgIpc) is 3.13. The minimum atomic E-state index is -0.836. The third-order valence-corrected chi connectivity index (χ3v) is 3.74. The molecule has 1 atom stereocenters. The molecule has 0 radical (unpaired) electrons. The number of aromatic nitrogens is 3. The Morgan fingerprint density at radius 1 is 1.36 bits per heavy atom. The third-order valence-electron chi connectivity index (χ3n) is 3.74. The number of H-pyrrole nitrogens is 1. The van der Waals surface area contributed by atoms with Crippen LogP contribution in [0.4, 0.5) is 10.2 Å². The summed E-state index contributed by atoms with van der Waals surface area (Å²) in [5, 5.41) is 13.1. The van der Waals surface area contributed by atoms with Crippen LogP contribution in [-0.2, 0) is 16.0 Å². The van der Waals surface area contributed by atoms with Crippen LogP contribution in [0.25, 0.3) is 10.9 Å². The van der Waals surface area contributed by atoms with Crippen molar-refractivity contribution >= 4 is 28.5 Å². The number of amides is 2. The highest BCUT2D eigenvalue weighted by molar-refractivity contribution is 5.97. The molecule has 0 fully saturated rings. The fourth-order valence-electron chi connectivity index (χ4n) is 2.55. The molecule has 2 aromatic heterocycles. The number of anilines is 1. The van der Waals surface area contributed by atoms with E-state index in [4.69, 9.17) is 0 Å². The summed E-state index contributed by atoms with van der Waals surface area (Å²) in [5.41, 5.74) is 1.82. The van der Waals surface area contributed by atoms with Crippen LogP contribution in [0.1, 0.15) is 18.2 Å². The molecule has 0 aliphatic heterocycles. The van der Waals surface area contributed by atoms with E-state index in [2.05, 4.69) is 30.6 Å². The molecule has 130 valence electrons. The van der Waals surface area contributed by atoms with Crippen LogP contribution in [-0.4, -0.2) is 33.2 Å². The Labute approximate surface area is 141 Å². The molecule has 0 spiro atoms. The van der Waals surface area contributed by atoms with Gasteiger partial charge in [-0.05, 0) is 35.8 Å². The number of nitrogens with zero attached hydrogens (tertiary/aromatic N) is 2. The maximum Gasteiger partial charge on any atom is 0.248 e. The van der Waals surface area contributed by atoms with Gasteiger partial charge in [0, 0.05) is 30.4 Å². The first kappa shape index (κ1) is 16.6. The Balaban J connectivity index is 1.83. The Bertz CT molecular complexity index is 933. The molecule has 1 aromatic carbocycles. The molecule has 1 unspecified atom stereocenters. The molecule has 3 rings (SSSR count). The van der Waals surface area contributed by atoms with Crippen LogP contribution in [0.3, 0.4) is 0 Å². The highest BCUT2D eigenvalue weighted by Crippen LogP contribution is 2.21. The number of aryl methyl sites for hydroxylation is 1. The van der Waals surface area contributed by atoms with E-state index in [-0.39, 0.29) is 24.0 Å². The first-order valence-electron chi connectivity index (χ1n) is 7.56. The van der Waals surface area contributed by atoms with Gasteiger partial charge in [-0.25, -0.2) is 9.02 Å². The van der Waals surface area contributed by atoms with Crippen LogP contribution >= 0.6 is 0 Å². The van der Waals surface area contributed by atoms with Crippen molar-refractivity contribution in [3.63, 3.8) is 0 Å². The molecular weight excluding hydrogens is 329 g/mol. The molecule has 3 aromatic rings. The van der Waals surface area contributed by atoms with Crippen LogP contribution in [0, 0.1) is 12.7 Å². The summed E-state index contributed by atoms with van der Waals surface area (Å²) < 4.78 is 17.8. The molecule has 3 N–H and O–H groups in total. The molecule has 0 saturated heterocycles. The standard InChI is InChI=1S/C16H16FN5O3/c1-8-15(22-25-21-8)20-16(24)14(19-9(2)23)5-10-7-18-13-6-11(17)3-4-12(10)13/h3-4,6-7,14,18H,5H2,1-2H3,(H,19,23)(H,20,22,24). The zero-order chi connectivity index (χ0) is 18.0. The molecule has 2 amide bonds. The molecule has 9 heteroatoms. The van der Waals surface area contributed by atoms with E-state index in [0.717, 1.165) is 10.9 Å². The summed E-state index contributed by atoms with van der Waals surface area (Å²) in [4.78, 5) is 26.9. The highest BCUT2D eigenvalue weighted by atomic mass is 19.1. The first-order valence-corrected chi connectivity index (χ1v) is 7.56. The number of hydrogen-bond acceptors (Lipinski definition) is 5. The van der Waals surface area contributed by atoms with Crippen LogP contribution in [0.5, 0.6) is 0 Å². The fraction of sp³-hybridized carbons (Fsp3) is 0.250. The van der Waals surface area contributed by atoms with Crippen molar-refractivity contribution < 1.29 is 18.6 Å². The molecule has 0 aliphatic rings. The van der Waals surface area contributed by atoms with Gasteiger partial charge in [-0.1, -0.05) is 5.16 Å². The Morgan fingerprint density at radius 2 is 2.16 bits per heavy atom. The maximum absolute atomic E-state index is 13.3. The lowest BCUT2D eigenvalue weighted by Gasteiger charge is -2.16. The SMILES string of the molecule is CC(=O)NC(Cc1c[nH]c2cc(F)ccc12)C(=O)Nc1nonc1C. The monoisotopic (exact) mass is 345 g/mol. The number of hydrogen-bond donors (Lipinski definition) is 3. The van der Waals surface area contributed by atoms with Gasteiger partial charge in [0.15, 0.2) is 5.82 Å². The zero-order valence-electron chi connectivity index (χ0n) is 13.6. The zero-order valence-corrected chi connectivity index (χ0v) is 13.6. The number of fused-ring (bicyclic) bond motifs is 1. The van der Waals surface area contributed by atoms with Gasteiger partial charge in [0.2, 0.25) is 11.8 Å². The van der Waals surface area contributed by atoms with E-state index in [0.29, 0.717) is 11.2 Å². The summed E-state index contributed by atoms with van der Waals surface area (Å²) >= 11 is 0. The Morgan fingerprint density at radius 3 is 2.84 bits per heavy atom. The van der Waals surface area contributed by atoms with Gasteiger partial charge in [0.05, 0.1) is 0 Å².